The summed E-state index contributed by atoms with van der Waals surface area (Å²) >= 11 is 0. The van der Waals surface area contributed by atoms with Crippen LogP contribution in [0.4, 0.5) is 0 Å². The molecule has 0 aliphatic carbocycles. The fourth-order valence-electron chi connectivity index (χ4n) is 2.14. The van der Waals surface area contributed by atoms with E-state index >= 15 is 0 Å². The van der Waals surface area contributed by atoms with Crippen LogP contribution in [0.25, 0.3) is 0 Å². The monoisotopic (exact) mass is 274 g/mol. The van der Waals surface area contributed by atoms with Crippen molar-refractivity contribution in [1.82, 2.24) is 9.78 Å². The molecule has 3 rings (SSSR count). The summed E-state index contributed by atoms with van der Waals surface area (Å²) in [4.78, 5) is 11.1. The van der Waals surface area contributed by atoms with E-state index < -0.39 is 0 Å². The molecular weight excluding hydrogens is 260 g/mol. The van der Waals surface area contributed by atoms with Gasteiger partial charge in [-0.05, 0) is 24.6 Å². The van der Waals surface area contributed by atoms with E-state index in [4.69, 9.17) is 14.2 Å². The summed E-state index contributed by atoms with van der Waals surface area (Å²) in [5, 5.41) is 4.17. The number of hydrogen-bond acceptors (Lipinski definition) is 5. The number of ether oxygens (including phenoxy) is 3. The summed E-state index contributed by atoms with van der Waals surface area (Å²) in [7, 11) is 1.75. The average Bonchev–Trinajstić information content (AvgIpc) is 2.99. The lowest BCUT2D eigenvalue weighted by atomic mass is 10.2. The zero-order valence-electron chi connectivity index (χ0n) is 11.3. The molecule has 104 valence electrons. The van der Waals surface area contributed by atoms with Crippen LogP contribution in [-0.2, 0) is 13.7 Å². The number of rotatable bonds is 4. The van der Waals surface area contributed by atoms with Crippen LogP contribution in [-0.4, -0.2) is 22.9 Å². The van der Waals surface area contributed by atoms with Crippen LogP contribution < -0.4 is 14.2 Å². The molecule has 2 heterocycles. The van der Waals surface area contributed by atoms with E-state index in [9.17, 15) is 4.79 Å². The molecule has 20 heavy (non-hydrogen) atoms. The van der Waals surface area contributed by atoms with Crippen molar-refractivity contribution in [3.8, 4) is 17.4 Å². The second-order valence-corrected chi connectivity index (χ2v) is 4.52. The van der Waals surface area contributed by atoms with Crippen molar-refractivity contribution in [1.29, 1.82) is 0 Å². The highest BCUT2D eigenvalue weighted by atomic mass is 16.7. The van der Waals surface area contributed by atoms with Crippen molar-refractivity contribution < 1.29 is 19.0 Å². The molecule has 0 amide bonds. The summed E-state index contributed by atoms with van der Waals surface area (Å²) in [6.07, 6.45) is 0.761. The van der Waals surface area contributed by atoms with E-state index in [0.717, 1.165) is 17.6 Å². The topological polar surface area (TPSA) is 62.6 Å². The second kappa shape index (κ2) is 4.88. The van der Waals surface area contributed by atoms with Crippen LogP contribution in [0.15, 0.2) is 18.2 Å². The molecular formula is C14H14N2O4. The van der Waals surface area contributed by atoms with Crippen molar-refractivity contribution in [3.63, 3.8) is 0 Å². The first kappa shape index (κ1) is 12.5. The molecule has 0 unspecified atom stereocenters. The summed E-state index contributed by atoms with van der Waals surface area (Å²) < 4.78 is 17.8. The molecule has 2 aromatic rings. The van der Waals surface area contributed by atoms with Gasteiger partial charge in [0.2, 0.25) is 12.7 Å². The fraction of sp³-hybridized carbons (Fsp3) is 0.286. The van der Waals surface area contributed by atoms with Gasteiger partial charge in [0.25, 0.3) is 0 Å². The number of benzene rings is 1. The summed E-state index contributed by atoms with van der Waals surface area (Å²) in [6.45, 7) is 2.35. The van der Waals surface area contributed by atoms with Gasteiger partial charge in [0, 0.05) is 7.05 Å². The van der Waals surface area contributed by atoms with Crippen LogP contribution >= 0.6 is 0 Å². The van der Waals surface area contributed by atoms with Gasteiger partial charge in [-0.2, -0.15) is 5.10 Å². The Labute approximate surface area is 115 Å². The largest absolute Gasteiger partial charge is 0.472 e. The summed E-state index contributed by atoms with van der Waals surface area (Å²) in [5.41, 5.74) is 2.07. The highest BCUT2D eigenvalue weighted by Crippen LogP contribution is 2.32. The number of carbonyl (C=O) groups excluding carboxylic acids is 1. The first-order chi connectivity index (χ1) is 9.69. The number of aldehydes is 1. The molecule has 0 saturated carbocycles. The lowest BCUT2D eigenvalue weighted by molar-refractivity contribution is 0.111. The van der Waals surface area contributed by atoms with Gasteiger partial charge >= 0.3 is 0 Å². The molecule has 6 nitrogen and oxygen atoms in total. The van der Waals surface area contributed by atoms with Crippen molar-refractivity contribution in [2.75, 3.05) is 6.79 Å². The van der Waals surface area contributed by atoms with Crippen LogP contribution in [0.2, 0.25) is 0 Å². The Hall–Kier alpha value is -2.50. The summed E-state index contributed by atoms with van der Waals surface area (Å²) in [5.74, 6) is 1.91. The highest BCUT2D eigenvalue weighted by Gasteiger charge is 2.16. The third-order valence-electron chi connectivity index (χ3n) is 3.14. The highest BCUT2D eigenvalue weighted by molar-refractivity contribution is 5.80. The molecule has 1 aromatic heterocycles. The van der Waals surface area contributed by atoms with Gasteiger partial charge in [-0.25, -0.2) is 4.68 Å². The molecule has 0 saturated heterocycles. The number of fused-ring (bicyclic) bond motifs is 1. The van der Waals surface area contributed by atoms with Gasteiger partial charge in [-0.1, -0.05) is 6.07 Å². The van der Waals surface area contributed by atoms with Crippen molar-refractivity contribution in [2.24, 2.45) is 7.05 Å². The minimum absolute atomic E-state index is 0.246. The van der Waals surface area contributed by atoms with E-state index in [1.807, 2.05) is 18.2 Å². The number of aryl methyl sites for hydroxylation is 2. The molecule has 0 bridgehead atoms. The Morgan fingerprint density at radius 3 is 3.00 bits per heavy atom. The molecule has 0 fully saturated rings. The normalized spacial score (nSPS) is 12.5. The Morgan fingerprint density at radius 1 is 1.40 bits per heavy atom. The predicted molar refractivity (Wildman–Crippen MR) is 70.2 cm³/mol. The van der Waals surface area contributed by atoms with Gasteiger partial charge in [-0.15, -0.1) is 0 Å². The van der Waals surface area contributed by atoms with Gasteiger partial charge in [0.05, 0.1) is 11.3 Å². The van der Waals surface area contributed by atoms with Gasteiger partial charge in [0.1, 0.15) is 6.61 Å². The van der Waals surface area contributed by atoms with Crippen LogP contribution in [0.5, 0.6) is 17.4 Å². The first-order valence-corrected chi connectivity index (χ1v) is 6.19. The third kappa shape index (κ3) is 2.09. The Balaban J connectivity index is 1.78. The van der Waals surface area contributed by atoms with Gasteiger partial charge in [0.15, 0.2) is 17.8 Å². The SMILES string of the molecule is Cc1nn(C)c(OCc2ccc3c(c2)OCO3)c1C=O. The Kier molecular flexibility index (Phi) is 3.06. The predicted octanol–water partition coefficient (Wildman–Crippen LogP) is 1.85. The molecule has 1 aromatic carbocycles. The van der Waals surface area contributed by atoms with Gasteiger partial charge < -0.3 is 14.2 Å². The number of carbonyl (C=O) groups is 1. The average molecular weight is 274 g/mol. The van der Waals surface area contributed by atoms with E-state index in [1.165, 1.54) is 0 Å². The number of aromatic nitrogens is 2. The minimum atomic E-state index is 0.246. The molecule has 1 aliphatic heterocycles. The molecule has 0 radical (unpaired) electrons. The van der Waals surface area contributed by atoms with E-state index in [-0.39, 0.29) is 6.79 Å². The minimum Gasteiger partial charge on any atom is -0.472 e. The third-order valence-corrected chi connectivity index (χ3v) is 3.14. The lowest BCUT2D eigenvalue weighted by Crippen LogP contribution is -2.02. The van der Waals surface area contributed by atoms with E-state index in [0.29, 0.717) is 29.5 Å². The zero-order chi connectivity index (χ0) is 14.1. The number of hydrogen-bond donors (Lipinski definition) is 0. The maximum absolute atomic E-state index is 11.1. The molecule has 0 N–H and O–H groups in total. The maximum Gasteiger partial charge on any atom is 0.231 e. The van der Waals surface area contributed by atoms with Crippen molar-refractivity contribution in [3.05, 3.63) is 35.0 Å². The smallest absolute Gasteiger partial charge is 0.231 e. The van der Waals surface area contributed by atoms with E-state index in [1.54, 1.807) is 18.7 Å². The maximum atomic E-state index is 11.1. The fourth-order valence-corrected chi connectivity index (χ4v) is 2.14. The lowest BCUT2D eigenvalue weighted by Gasteiger charge is -2.07. The molecule has 1 aliphatic rings. The quantitative estimate of drug-likeness (QED) is 0.796. The standard InChI is InChI=1S/C14H14N2O4/c1-9-11(6-17)14(16(2)15-9)18-7-10-3-4-12-13(5-10)20-8-19-12/h3-6H,7-8H2,1-2H3. The van der Waals surface area contributed by atoms with Crippen LogP contribution in [0, 0.1) is 6.92 Å². The second-order valence-electron chi connectivity index (χ2n) is 4.52. The summed E-state index contributed by atoms with van der Waals surface area (Å²) in [6, 6.07) is 5.61. The molecule has 6 heteroatoms. The Morgan fingerprint density at radius 2 is 2.20 bits per heavy atom. The Bertz CT molecular complexity index is 663. The van der Waals surface area contributed by atoms with Crippen LogP contribution in [0.3, 0.4) is 0 Å². The van der Waals surface area contributed by atoms with Crippen molar-refractivity contribution >= 4 is 6.29 Å². The zero-order valence-corrected chi connectivity index (χ0v) is 11.3. The van der Waals surface area contributed by atoms with Gasteiger partial charge in [-0.3, -0.25) is 4.79 Å². The van der Waals surface area contributed by atoms with E-state index in [2.05, 4.69) is 5.10 Å². The van der Waals surface area contributed by atoms with Crippen molar-refractivity contribution in [2.45, 2.75) is 13.5 Å². The number of nitrogens with zero attached hydrogens (tertiary/aromatic N) is 2. The first-order valence-electron chi connectivity index (χ1n) is 6.19. The molecule has 0 spiro atoms. The van der Waals surface area contributed by atoms with Crippen LogP contribution in [0.1, 0.15) is 21.6 Å². The molecule has 0 atom stereocenters.